The SMILES string of the molecule is CC(F)(C(=O)O)c1ccccc1Br. The van der Waals surface area contributed by atoms with Crippen molar-refractivity contribution in [3.8, 4) is 0 Å². The Morgan fingerprint density at radius 2 is 2.08 bits per heavy atom. The van der Waals surface area contributed by atoms with Crippen LogP contribution in [0, 0.1) is 0 Å². The summed E-state index contributed by atoms with van der Waals surface area (Å²) >= 11 is 3.10. The summed E-state index contributed by atoms with van der Waals surface area (Å²) in [5, 5.41) is 8.62. The Balaban J connectivity index is 3.22. The number of alkyl halides is 1. The molecule has 0 aliphatic carbocycles. The van der Waals surface area contributed by atoms with Gasteiger partial charge in [0, 0.05) is 10.0 Å². The highest BCUT2D eigenvalue weighted by Gasteiger charge is 2.36. The molecular weight excluding hydrogens is 239 g/mol. The van der Waals surface area contributed by atoms with Crippen molar-refractivity contribution in [3.05, 3.63) is 34.3 Å². The lowest BCUT2D eigenvalue weighted by Gasteiger charge is -2.16. The first-order chi connectivity index (χ1) is 5.96. The zero-order valence-corrected chi connectivity index (χ0v) is 8.51. The minimum Gasteiger partial charge on any atom is -0.479 e. The Morgan fingerprint density at radius 1 is 1.54 bits per heavy atom. The molecule has 13 heavy (non-hydrogen) atoms. The van der Waals surface area contributed by atoms with Crippen LogP contribution < -0.4 is 0 Å². The minimum atomic E-state index is -2.35. The number of carboxylic acid groups (broad SMARTS) is 1. The molecule has 0 bridgehead atoms. The van der Waals surface area contributed by atoms with E-state index in [1.807, 2.05) is 0 Å². The van der Waals surface area contributed by atoms with Crippen molar-refractivity contribution in [1.29, 1.82) is 0 Å². The van der Waals surface area contributed by atoms with Gasteiger partial charge in [0.25, 0.3) is 0 Å². The molecule has 2 nitrogen and oxygen atoms in total. The molecule has 1 N–H and O–H groups in total. The fourth-order valence-electron chi connectivity index (χ4n) is 0.957. The van der Waals surface area contributed by atoms with E-state index in [-0.39, 0.29) is 5.56 Å². The molecule has 0 spiro atoms. The van der Waals surface area contributed by atoms with E-state index in [9.17, 15) is 9.18 Å². The summed E-state index contributed by atoms with van der Waals surface area (Å²) in [6.07, 6.45) is 0. The molecule has 70 valence electrons. The van der Waals surface area contributed by atoms with Gasteiger partial charge in [-0.1, -0.05) is 34.1 Å². The number of benzene rings is 1. The highest BCUT2D eigenvalue weighted by Crippen LogP contribution is 2.31. The van der Waals surface area contributed by atoms with Gasteiger partial charge in [-0.05, 0) is 13.0 Å². The number of rotatable bonds is 2. The molecule has 0 heterocycles. The van der Waals surface area contributed by atoms with Gasteiger partial charge in [-0.3, -0.25) is 0 Å². The molecule has 0 aliphatic heterocycles. The van der Waals surface area contributed by atoms with E-state index >= 15 is 0 Å². The Morgan fingerprint density at radius 3 is 2.54 bits per heavy atom. The average Bonchev–Trinajstić information content (AvgIpc) is 2.04. The maximum atomic E-state index is 13.6. The fourth-order valence-corrected chi connectivity index (χ4v) is 1.61. The van der Waals surface area contributed by atoms with E-state index in [0.717, 1.165) is 6.92 Å². The Labute approximate surface area is 83.5 Å². The van der Waals surface area contributed by atoms with Crippen LogP contribution in [0.15, 0.2) is 28.7 Å². The van der Waals surface area contributed by atoms with Crippen LogP contribution in [-0.2, 0) is 10.5 Å². The first-order valence-electron chi connectivity index (χ1n) is 3.63. The van der Waals surface area contributed by atoms with Crippen LogP contribution in [0.2, 0.25) is 0 Å². The molecule has 1 aromatic carbocycles. The van der Waals surface area contributed by atoms with Crippen molar-refractivity contribution in [1.82, 2.24) is 0 Å². The second-order valence-electron chi connectivity index (χ2n) is 2.79. The third-order valence-electron chi connectivity index (χ3n) is 1.78. The van der Waals surface area contributed by atoms with Gasteiger partial charge in [-0.15, -0.1) is 0 Å². The molecule has 0 aromatic heterocycles. The topological polar surface area (TPSA) is 37.3 Å². The molecule has 0 fully saturated rings. The quantitative estimate of drug-likeness (QED) is 0.872. The summed E-state index contributed by atoms with van der Waals surface area (Å²) in [6, 6.07) is 6.35. The zero-order chi connectivity index (χ0) is 10.1. The molecule has 4 heteroatoms. The molecule has 0 saturated heterocycles. The first kappa shape index (κ1) is 10.2. The van der Waals surface area contributed by atoms with Gasteiger partial charge in [0.1, 0.15) is 0 Å². The standard InChI is InChI=1S/C9H8BrFO2/c1-9(11,8(12)13)6-4-2-3-5-7(6)10/h2-5H,1H3,(H,12,13). The van der Waals surface area contributed by atoms with Crippen molar-refractivity contribution < 1.29 is 14.3 Å². The number of carboxylic acids is 1. The van der Waals surface area contributed by atoms with Crippen molar-refractivity contribution in [3.63, 3.8) is 0 Å². The molecule has 1 rings (SSSR count). The molecule has 1 unspecified atom stereocenters. The molecular formula is C9H8BrFO2. The van der Waals surface area contributed by atoms with E-state index in [1.165, 1.54) is 6.07 Å². The lowest BCUT2D eigenvalue weighted by molar-refractivity contribution is -0.150. The lowest BCUT2D eigenvalue weighted by atomic mass is 9.98. The van der Waals surface area contributed by atoms with E-state index in [1.54, 1.807) is 18.2 Å². The first-order valence-corrected chi connectivity index (χ1v) is 4.43. The molecule has 0 amide bonds. The monoisotopic (exact) mass is 246 g/mol. The fraction of sp³-hybridized carbons (Fsp3) is 0.222. The van der Waals surface area contributed by atoms with E-state index in [0.29, 0.717) is 4.47 Å². The maximum Gasteiger partial charge on any atom is 0.345 e. The van der Waals surface area contributed by atoms with Crippen LogP contribution >= 0.6 is 15.9 Å². The number of hydrogen-bond acceptors (Lipinski definition) is 1. The molecule has 0 saturated carbocycles. The van der Waals surface area contributed by atoms with Crippen LogP contribution in [0.3, 0.4) is 0 Å². The van der Waals surface area contributed by atoms with Crippen LogP contribution in [0.25, 0.3) is 0 Å². The van der Waals surface area contributed by atoms with E-state index in [4.69, 9.17) is 5.11 Å². The zero-order valence-electron chi connectivity index (χ0n) is 6.92. The summed E-state index contributed by atoms with van der Waals surface area (Å²) in [5.74, 6) is -1.49. The van der Waals surface area contributed by atoms with E-state index < -0.39 is 11.6 Å². The summed E-state index contributed by atoms with van der Waals surface area (Å²) in [4.78, 5) is 10.6. The van der Waals surface area contributed by atoms with Crippen molar-refractivity contribution >= 4 is 21.9 Å². The van der Waals surface area contributed by atoms with Crippen LogP contribution in [0.5, 0.6) is 0 Å². The van der Waals surface area contributed by atoms with Gasteiger partial charge >= 0.3 is 5.97 Å². The summed E-state index contributed by atoms with van der Waals surface area (Å²) in [7, 11) is 0. The van der Waals surface area contributed by atoms with Crippen molar-refractivity contribution in [2.24, 2.45) is 0 Å². The second-order valence-corrected chi connectivity index (χ2v) is 3.64. The number of carbonyl (C=O) groups is 1. The highest BCUT2D eigenvalue weighted by atomic mass is 79.9. The minimum absolute atomic E-state index is 0.127. The van der Waals surface area contributed by atoms with Gasteiger partial charge in [0.2, 0.25) is 5.67 Å². The molecule has 0 aliphatic rings. The Hall–Kier alpha value is -0.900. The van der Waals surface area contributed by atoms with Crippen LogP contribution in [0.1, 0.15) is 12.5 Å². The Bertz CT molecular complexity index is 336. The van der Waals surface area contributed by atoms with Crippen LogP contribution in [-0.4, -0.2) is 11.1 Å². The van der Waals surface area contributed by atoms with Gasteiger partial charge in [0.05, 0.1) is 0 Å². The number of halogens is 2. The molecule has 1 aromatic rings. The second kappa shape index (κ2) is 3.46. The molecule has 1 atom stereocenters. The Kier molecular flexibility index (Phi) is 2.71. The maximum absolute atomic E-state index is 13.6. The predicted molar refractivity (Wildman–Crippen MR) is 50.2 cm³/mol. The van der Waals surface area contributed by atoms with Crippen molar-refractivity contribution in [2.75, 3.05) is 0 Å². The smallest absolute Gasteiger partial charge is 0.345 e. The van der Waals surface area contributed by atoms with Gasteiger partial charge in [0.15, 0.2) is 0 Å². The normalized spacial score (nSPS) is 15.0. The lowest BCUT2D eigenvalue weighted by Crippen LogP contribution is -2.27. The highest BCUT2D eigenvalue weighted by molar-refractivity contribution is 9.10. The van der Waals surface area contributed by atoms with Gasteiger partial charge in [-0.25, -0.2) is 9.18 Å². The summed E-state index contributed by atoms with van der Waals surface area (Å²) in [5.41, 5.74) is -2.22. The van der Waals surface area contributed by atoms with E-state index in [2.05, 4.69) is 15.9 Å². The molecule has 0 radical (unpaired) electrons. The average molecular weight is 247 g/mol. The van der Waals surface area contributed by atoms with Crippen molar-refractivity contribution in [2.45, 2.75) is 12.6 Å². The summed E-state index contributed by atoms with van der Waals surface area (Å²) < 4.78 is 14.0. The van der Waals surface area contributed by atoms with Gasteiger partial charge < -0.3 is 5.11 Å². The third-order valence-corrected chi connectivity index (χ3v) is 2.47. The van der Waals surface area contributed by atoms with Gasteiger partial charge in [-0.2, -0.15) is 0 Å². The number of hydrogen-bond donors (Lipinski definition) is 1. The summed E-state index contributed by atoms with van der Waals surface area (Å²) in [6.45, 7) is 1.02. The van der Waals surface area contributed by atoms with Crippen LogP contribution in [0.4, 0.5) is 4.39 Å². The largest absolute Gasteiger partial charge is 0.479 e. The number of aliphatic carboxylic acids is 1. The third kappa shape index (κ3) is 1.88. The predicted octanol–water partition coefficient (Wildman–Crippen LogP) is 2.72.